The van der Waals surface area contributed by atoms with Crippen molar-refractivity contribution in [1.29, 1.82) is 0 Å². The van der Waals surface area contributed by atoms with Crippen LogP contribution in [0.3, 0.4) is 0 Å². The van der Waals surface area contributed by atoms with Crippen molar-refractivity contribution in [3.05, 3.63) is 36.6 Å². The van der Waals surface area contributed by atoms with Gasteiger partial charge in [-0.2, -0.15) is 0 Å². The summed E-state index contributed by atoms with van der Waals surface area (Å²) in [6, 6.07) is 7.83. The normalized spacial score (nSPS) is 10.2. The van der Waals surface area contributed by atoms with E-state index in [2.05, 4.69) is 0 Å². The smallest absolute Gasteiger partial charge is 0.134 e. The Morgan fingerprint density at radius 1 is 1.00 bits per heavy atom. The van der Waals surface area contributed by atoms with Gasteiger partial charge >= 0.3 is 0 Å². The Bertz CT molecular complexity index is 384. The average Bonchev–Trinajstić information content (AvgIpc) is 2.53. The quantitative estimate of drug-likeness (QED) is 0.701. The second-order valence-corrected chi connectivity index (χ2v) is 2.72. The number of aromatic hydroxyl groups is 2. The van der Waals surface area contributed by atoms with Gasteiger partial charge in [0.1, 0.15) is 17.3 Å². The molecule has 1 aromatic heterocycles. The maximum Gasteiger partial charge on any atom is 0.134 e. The van der Waals surface area contributed by atoms with Gasteiger partial charge in [0, 0.05) is 11.6 Å². The molecule has 3 nitrogen and oxygen atoms in total. The Hall–Kier alpha value is -1.90. The van der Waals surface area contributed by atoms with E-state index in [1.807, 2.05) is 0 Å². The lowest BCUT2D eigenvalue weighted by Crippen LogP contribution is -1.73. The number of phenolic OH excluding ortho intramolecular Hbond substituents is 2. The third-order valence-corrected chi connectivity index (χ3v) is 1.71. The van der Waals surface area contributed by atoms with E-state index >= 15 is 0 Å². The van der Waals surface area contributed by atoms with Crippen LogP contribution in [0.5, 0.6) is 11.5 Å². The molecule has 3 heteroatoms. The number of hydrogen-bond donors (Lipinski definition) is 2. The molecule has 2 aromatic rings. The highest BCUT2D eigenvalue weighted by Crippen LogP contribution is 2.28. The van der Waals surface area contributed by atoms with E-state index in [9.17, 15) is 10.2 Å². The second-order valence-electron chi connectivity index (χ2n) is 2.72. The van der Waals surface area contributed by atoms with Gasteiger partial charge in [0.05, 0.1) is 6.26 Å². The molecule has 0 aliphatic heterocycles. The maximum absolute atomic E-state index is 9.19. The molecular formula is C10H8O3. The minimum Gasteiger partial charge on any atom is -0.508 e. The monoisotopic (exact) mass is 176 g/mol. The zero-order valence-corrected chi connectivity index (χ0v) is 6.77. The van der Waals surface area contributed by atoms with Crippen molar-refractivity contribution in [2.45, 2.75) is 0 Å². The highest BCUT2D eigenvalue weighted by Gasteiger charge is 2.03. The molecule has 0 atom stereocenters. The van der Waals surface area contributed by atoms with E-state index in [0.717, 1.165) is 0 Å². The number of benzene rings is 1. The number of hydrogen-bond acceptors (Lipinski definition) is 3. The van der Waals surface area contributed by atoms with Crippen LogP contribution in [-0.2, 0) is 0 Å². The fourth-order valence-electron chi connectivity index (χ4n) is 1.18. The molecule has 0 aliphatic carbocycles. The molecule has 1 aromatic carbocycles. The summed E-state index contributed by atoms with van der Waals surface area (Å²) in [5.74, 6) is 0.656. The van der Waals surface area contributed by atoms with E-state index in [-0.39, 0.29) is 11.5 Å². The summed E-state index contributed by atoms with van der Waals surface area (Å²) >= 11 is 0. The molecule has 0 saturated carbocycles. The predicted molar refractivity (Wildman–Crippen MR) is 47.5 cm³/mol. The first kappa shape index (κ1) is 7.73. The van der Waals surface area contributed by atoms with Crippen molar-refractivity contribution in [2.24, 2.45) is 0 Å². The van der Waals surface area contributed by atoms with Crippen LogP contribution in [-0.4, -0.2) is 10.2 Å². The van der Waals surface area contributed by atoms with Gasteiger partial charge in [-0.15, -0.1) is 0 Å². The summed E-state index contributed by atoms with van der Waals surface area (Å²) < 4.78 is 5.11. The van der Waals surface area contributed by atoms with Gasteiger partial charge < -0.3 is 14.6 Å². The van der Waals surface area contributed by atoms with Gasteiger partial charge in [0.15, 0.2) is 0 Å². The SMILES string of the molecule is Oc1cc(O)cc(-c2ccco2)c1. The number of phenols is 2. The molecule has 0 amide bonds. The van der Waals surface area contributed by atoms with Crippen LogP contribution in [0.1, 0.15) is 0 Å². The molecule has 2 rings (SSSR count). The van der Waals surface area contributed by atoms with Gasteiger partial charge in [-0.1, -0.05) is 0 Å². The predicted octanol–water partition coefficient (Wildman–Crippen LogP) is 2.36. The largest absolute Gasteiger partial charge is 0.508 e. The van der Waals surface area contributed by atoms with Crippen LogP contribution in [0.4, 0.5) is 0 Å². The van der Waals surface area contributed by atoms with Gasteiger partial charge in [0.2, 0.25) is 0 Å². The zero-order valence-electron chi connectivity index (χ0n) is 6.77. The standard InChI is InChI=1S/C10H8O3/c11-8-4-7(5-9(12)6-8)10-2-1-3-13-10/h1-6,11-12H. The summed E-state index contributed by atoms with van der Waals surface area (Å²) in [6.45, 7) is 0. The zero-order chi connectivity index (χ0) is 9.26. The van der Waals surface area contributed by atoms with Crippen molar-refractivity contribution in [2.75, 3.05) is 0 Å². The Morgan fingerprint density at radius 2 is 1.69 bits per heavy atom. The van der Waals surface area contributed by atoms with E-state index in [1.54, 1.807) is 12.1 Å². The molecule has 0 spiro atoms. The molecule has 0 radical (unpaired) electrons. The molecule has 1 heterocycles. The van der Waals surface area contributed by atoms with Crippen molar-refractivity contribution in [1.82, 2.24) is 0 Å². The average molecular weight is 176 g/mol. The third kappa shape index (κ3) is 1.49. The molecule has 13 heavy (non-hydrogen) atoms. The molecule has 66 valence electrons. The van der Waals surface area contributed by atoms with Crippen LogP contribution in [0, 0.1) is 0 Å². The lowest BCUT2D eigenvalue weighted by atomic mass is 10.1. The summed E-state index contributed by atoms with van der Waals surface area (Å²) in [7, 11) is 0. The van der Waals surface area contributed by atoms with E-state index in [1.165, 1.54) is 24.5 Å². The second kappa shape index (κ2) is 2.86. The number of rotatable bonds is 1. The van der Waals surface area contributed by atoms with Crippen molar-refractivity contribution < 1.29 is 14.6 Å². The van der Waals surface area contributed by atoms with Crippen LogP contribution >= 0.6 is 0 Å². The first-order chi connectivity index (χ1) is 6.25. The molecule has 0 unspecified atom stereocenters. The first-order valence-corrected chi connectivity index (χ1v) is 3.82. The van der Waals surface area contributed by atoms with Gasteiger partial charge in [-0.3, -0.25) is 0 Å². The molecule has 0 bridgehead atoms. The molecule has 0 saturated heterocycles. The van der Waals surface area contributed by atoms with Crippen LogP contribution < -0.4 is 0 Å². The van der Waals surface area contributed by atoms with Gasteiger partial charge in [-0.05, 0) is 24.3 Å². The highest BCUT2D eigenvalue weighted by atomic mass is 16.3. The Balaban J connectivity index is 2.53. The topological polar surface area (TPSA) is 53.6 Å². The minimum atomic E-state index is 0.0198. The van der Waals surface area contributed by atoms with Crippen LogP contribution in [0.15, 0.2) is 41.0 Å². The lowest BCUT2D eigenvalue weighted by molar-refractivity contribution is 0.450. The van der Waals surface area contributed by atoms with E-state index < -0.39 is 0 Å². The van der Waals surface area contributed by atoms with Crippen molar-refractivity contribution in [3.63, 3.8) is 0 Å². The van der Waals surface area contributed by atoms with Crippen LogP contribution in [0.25, 0.3) is 11.3 Å². The Morgan fingerprint density at radius 3 is 2.23 bits per heavy atom. The summed E-state index contributed by atoms with van der Waals surface area (Å²) in [6.07, 6.45) is 1.54. The lowest BCUT2D eigenvalue weighted by Gasteiger charge is -1.99. The molecule has 0 aliphatic rings. The van der Waals surface area contributed by atoms with Crippen molar-refractivity contribution in [3.8, 4) is 22.8 Å². The number of furan rings is 1. The summed E-state index contributed by atoms with van der Waals surface area (Å²) in [5, 5.41) is 18.4. The molecule has 0 fully saturated rings. The first-order valence-electron chi connectivity index (χ1n) is 3.82. The maximum atomic E-state index is 9.19. The fourth-order valence-corrected chi connectivity index (χ4v) is 1.18. The minimum absolute atomic E-state index is 0.0198. The Labute approximate surface area is 74.9 Å². The Kier molecular flexibility index (Phi) is 1.70. The van der Waals surface area contributed by atoms with Gasteiger partial charge in [-0.25, -0.2) is 0 Å². The van der Waals surface area contributed by atoms with E-state index in [0.29, 0.717) is 11.3 Å². The van der Waals surface area contributed by atoms with Crippen molar-refractivity contribution >= 4 is 0 Å². The summed E-state index contributed by atoms with van der Waals surface area (Å²) in [5.41, 5.74) is 0.655. The van der Waals surface area contributed by atoms with Crippen LogP contribution in [0.2, 0.25) is 0 Å². The van der Waals surface area contributed by atoms with E-state index in [4.69, 9.17) is 4.42 Å². The third-order valence-electron chi connectivity index (χ3n) is 1.71. The van der Waals surface area contributed by atoms with Gasteiger partial charge in [0.25, 0.3) is 0 Å². The molecular weight excluding hydrogens is 168 g/mol. The molecule has 2 N–H and O–H groups in total. The fraction of sp³-hybridized carbons (Fsp3) is 0. The summed E-state index contributed by atoms with van der Waals surface area (Å²) in [4.78, 5) is 0. The highest BCUT2D eigenvalue weighted by molar-refractivity contribution is 5.61.